The van der Waals surface area contributed by atoms with Crippen LogP contribution in [-0.4, -0.2) is 13.7 Å². The van der Waals surface area contributed by atoms with Gasteiger partial charge < -0.3 is 4.74 Å². The predicted octanol–water partition coefficient (Wildman–Crippen LogP) is 6.03. The zero-order valence-corrected chi connectivity index (χ0v) is 5.94. The molecule has 1 heteroatoms. The third-order valence-corrected chi connectivity index (χ3v) is 1.20. The minimum atomic E-state index is 0. The van der Waals surface area contributed by atoms with Crippen molar-refractivity contribution >= 4 is 0 Å². The van der Waals surface area contributed by atoms with E-state index in [0.717, 1.165) is 6.61 Å². The second-order valence-corrected chi connectivity index (χ2v) is 2.05. The van der Waals surface area contributed by atoms with Crippen molar-refractivity contribution in [1.29, 1.82) is 0 Å². The number of methoxy groups -OCH3 is 1. The van der Waals surface area contributed by atoms with Gasteiger partial charge in [0.2, 0.25) is 0 Å². The monoisotopic (exact) mass is 212 g/mol. The predicted molar refractivity (Wildman–Crippen MR) is 76.4 cm³/mol. The zero-order valence-electron chi connectivity index (χ0n) is 5.94. The van der Waals surface area contributed by atoms with E-state index in [9.17, 15) is 0 Å². The van der Waals surface area contributed by atoms with E-state index in [1.54, 1.807) is 7.11 Å². The largest absolute Gasteiger partial charge is 0.385 e. The standard InChI is InChI=1S/C7H16O.6CH4/c1-3-4-5-6-7-8-2;;;;;;/h3-7H2,1-2H3;6*1H4. The van der Waals surface area contributed by atoms with E-state index in [4.69, 9.17) is 4.74 Å². The highest BCUT2D eigenvalue weighted by atomic mass is 16.5. The quantitative estimate of drug-likeness (QED) is 0.506. The van der Waals surface area contributed by atoms with Crippen LogP contribution in [0, 0.1) is 0 Å². The van der Waals surface area contributed by atoms with Gasteiger partial charge in [0, 0.05) is 13.7 Å². The van der Waals surface area contributed by atoms with Crippen molar-refractivity contribution in [1.82, 2.24) is 0 Å². The molecule has 0 bridgehead atoms. The molecule has 0 saturated carbocycles. The van der Waals surface area contributed by atoms with Gasteiger partial charge in [-0.1, -0.05) is 70.7 Å². The van der Waals surface area contributed by atoms with Crippen LogP contribution in [0.1, 0.15) is 77.2 Å². The number of hydrogen-bond donors (Lipinski definition) is 0. The van der Waals surface area contributed by atoms with Gasteiger partial charge in [0.1, 0.15) is 0 Å². The van der Waals surface area contributed by atoms with Crippen LogP contribution in [0.2, 0.25) is 0 Å². The third-order valence-electron chi connectivity index (χ3n) is 1.20. The molecule has 0 atom stereocenters. The smallest absolute Gasteiger partial charge is 0.0462 e. The minimum Gasteiger partial charge on any atom is -0.385 e. The zero-order chi connectivity index (χ0) is 6.24. The fourth-order valence-electron chi connectivity index (χ4n) is 0.673. The summed E-state index contributed by atoms with van der Waals surface area (Å²) in [5.41, 5.74) is 0. The third kappa shape index (κ3) is 58.4. The molecule has 0 aromatic rings. The number of ether oxygens (including phenoxy) is 1. The van der Waals surface area contributed by atoms with E-state index in [2.05, 4.69) is 6.92 Å². The van der Waals surface area contributed by atoms with Crippen LogP contribution >= 0.6 is 0 Å². The molecule has 1 nitrogen and oxygen atoms in total. The molecule has 14 heavy (non-hydrogen) atoms. The topological polar surface area (TPSA) is 9.23 Å². The molecule has 0 unspecified atom stereocenters. The van der Waals surface area contributed by atoms with Crippen molar-refractivity contribution in [3.05, 3.63) is 0 Å². The number of unbranched alkanes of at least 4 members (excludes halogenated alkanes) is 3. The second-order valence-electron chi connectivity index (χ2n) is 2.05. The van der Waals surface area contributed by atoms with Crippen molar-refractivity contribution in [3.8, 4) is 0 Å². The van der Waals surface area contributed by atoms with Gasteiger partial charge in [-0.15, -0.1) is 0 Å². The first-order valence-electron chi connectivity index (χ1n) is 3.40. The molecule has 0 aliphatic heterocycles. The maximum atomic E-state index is 4.89. The molecule has 0 spiro atoms. The van der Waals surface area contributed by atoms with Gasteiger partial charge in [0.05, 0.1) is 0 Å². The van der Waals surface area contributed by atoms with Gasteiger partial charge in [-0.05, 0) is 6.42 Å². The Morgan fingerprint density at radius 2 is 1.14 bits per heavy atom. The molecule has 0 rings (SSSR count). The van der Waals surface area contributed by atoms with E-state index < -0.39 is 0 Å². The van der Waals surface area contributed by atoms with Crippen LogP contribution in [0.4, 0.5) is 0 Å². The van der Waals surface area contributed by atoms with E-state index >= 15 is 0 Å². The maximum Gasteiger partial charge on any atom is 0.0462 e. The Bertz CT molecular complexity index is 30.2. The molecular weight excluding hydrogens is 172 g/mol. The van der Waals surface area contributed by atoms with Crippen molar-refractivity contribution in [2.75, 3.05) is 13.7 Å². The Balaban J connectivity index is -0.0000000163. The summed E-state index contributed by atoms with van der Waals surface area (Å²) in [5, 5.41) is 0. The van der Waals surface area contributed by atoms with Crippen molar-refractivity contribution in [2.45, 2.75) is 77.2 Å². The molecule has 0 N–H and O–H groups in total. The van der Waals surface area contributed by atoms with Crippen LogP contribution in [0.5, 0.6) is 0 Å². The summed E-state index contributed by atoms with van der Waals surface area (Å²) in [6, 6.07) is 0. The molecule has 0 amide bonds. The van der Waals surface area contributed by atoms with E-state index in [1.807, 2.05) is 0 Å². The maximum absolute atomic E-state index is 4.89. The average molecular weight is 212 g/mol. The normalized spacial score (nSPS) is 5.57. The van der Waals surface area contributed by atoms with Crippen LogP contribution in [0.3, 0.4) is 0 Å². The molecule has 0 aliphatic rings. The highest BCUT2D eigenvalue weighted by Gasteiger charge is 1.83. The molecule has 0 saturated heterocycles. The Kier molecular flexibility index (Phi) is 180. The van der Waals surface area contributed by atoms with Crippen LogP contribution < -0.4 is 0 Å². The van der Waals surface area contributed by atoms with Crippen molar-refractivity contribution in [3.63, 3.8) is 0 Å². The van der Waals surface area contributed by atoms with Gasteiger partial charge in [0.15, 0.2) is 0 Å². The molecule has 0 fully saturated rings. The summed E-state index contributed by atoms with van der Waals surface area (Å²) >= 11 is 0. The number of hydrogen-bond acceptors (Lipinski definition) is 1. The van der Waals surface area contributed by atoms with Gasteiger partial charge in [-0.3, -0.25) is 0 Å². The highest BCUT2D eigenvalue weighted by molar-refractivity contribution is 4.37. The summed E-state index contributed by atoms with van der Waals surface area (Å²) in [6.07, 6.45) is 5.21. The molecule has 0 aromatic carbocycles. The summed E-state index contributed by atoms with van der Waals surface area (Å²) in [7, 11) is 1.76. The van der Waals surface area contributed by atoms with Crippen LogP contribution in [-0.2, 0) is 4.74 Å². The molecule has 0 aliphatic carbocycles. The van der Waals surface area contributed by atoms with E-state index in [1.165, 1.54) is 25.7 Å². The fraction of sp³-hybridized carbons (Fsp3) is 1.00. The molecule has 0 heterocycles. The SMILES string of the molecule is C.C.C.C.C.C.CCCCCCOC. The van der Waals surface area contributed by atoms with Crippen molar-refractivity contribution < 1.29 is 4.74 Å². The lowest BCUT2D eigenvalue weighted by atomic mass is 10.2. The van der Waals surface area contributed by atoms with Crippen LogP contribution in [0.25, 0.3) is 0 Å². The molecule has 0 radical (unpaired) electrons. The Morgan fingerprint density at radius 3 is 1.43 bits per heavy atom. The second kappa shape index (κ2) is 52.2. The summed E-state index contributed by atoms with van der Waals surface area (Å²) in [4.78, 5) is 0. The highest BCUT2D eigenvalue weighted by Crippen LogP contribution is 1.97. The van der Waals surface area contributed by atoms with Gasteiger partial charge in [0.25, 0.3) is 0 Å². The first kappa shape index (κ1) is 48.4. The lowest BCUT2D eigenvalue weighted by Crippen LogP contribution is -1.86. The lowest BCUT2D eigenvalue weighted by Gasteiger charge is -1.95. The van der Waals surface area contributed by atoms with E-state index in [-0.39, 0.29) is 44.6 Å². The first-order valence-corrected chi connectivity index (χ1v) is 3.40. The molecule has 98 valence electrons. The average Bonchev–Trinajstić information content (AvgIpc) is 1.81. The van der Waals surface area contributed by atoms with Crippen LogP contribution in [0.15, 0.2) is 0 Å². The Hall–Kier alpha value is -0.0400. The lowest BCUT2D eigenvalue weighted by molar-refractivity contribution is 0.192. The van der Waals surface area contributed by atoms with Gasteiger partial charge >= 0.3 is 0 Å². The summed E-state index contributed by atoms with van der Waals surface area (Å²) in [6.45, 7) is 3.15. The summed E-state index contributed by atoms with van der Waals surface area (Å²) < 4.78 is 4.89. The number of rotatable bonds is 5. The Morgan fingerprint density at radius 1 is 0.714 bits per heavy atom. The van der Waals surface area contributed by atoms with Crippen molar-refractivity contribution in [2.24, 2.45) is 0 Å². The minimum absolute atomic E-state index is 0. The summed E-state index contributed by atoms with van der Waals surface area (Å²) in [5.74, 6) is 0. The fourth-order valence-corrected chi connectivity index (χ4v) is 0.673. The van der Waals surface area contributed by atoms with Gasteiger partial charge in [-0.2, -0.15) is 0 Å². The van der Waals surface area contributed by atoms with E-state index in [0.29, 0.717) is 0 Å². The molecule has 0 aromatic heterocycles. The van der Waals surface area contributed by atoms with Gasteiger partial charge in [-0.25, -0.2) is 0 Å². The Labute approximate surface area is 96.3 Å². The molecular formula is C13H40O. The first-order chi connectivity index (χ1) is 3.91.